The second kappa shape index (κ2) is 4.80. The van der Waals surface area contributed by atoms with E-state index in [4.69, 9.17) is 0 Å². The van der Waals surface area contributed by atoms with E-state index >= 15 is 0 Å². The summed E-state index contributed by atoms with van der Waals surface area (Å²) in [6.07, 6.45) is -0.733. The van der Waals surface area contributed by atoms with Gasteiger partial charge in [0.1, 0.15) is 5.54 Å². The van der Waals surface area contributed by atoms with Gasteiger partial charge in [-0.3, -0.25) is 9.69 Å². The molecule has 1 rings (SSSR count). The van der Waals surface area contributed by atoms with Crippen LogP contribution in [-0.2, 0) is 4.79 Å². The molecule has 0 spiro atoms. The summed E-state index contributed by atoms with van der Waals surface area (Å²) in [5, 5.41) is 15.1. The molecule has 1 atom stereocenters. The molecule has 0 radical (unpaired) electrons. The first kappa shape index (κ1) is 12.9. The molecule has 6 heteroatoms. The number of urea groups is 1. The van der Waals surface area contributed by atoms with Gasteiger partial charge in [-0.15, -0.1) is 0 Å². The molecular weight excluding hydrogens is 210 g/mol. The smallest absolute Gasteiger partial charge is 0.325 e. The predicted molar refractivity (Wildman–Crippen MR) is 58.9 cm³/mol. The van der Waals surface area contributed by atoms with E-state index in [0.29, 0.717) is 6.54 Å². The van der Waals surface area contributed by atoms with E-state index in [9.17, 15) is 14.7 Å². The highest BCUT2D eigenvalue weighted by Crippen LogP contribution is 2.16. The highest BCUT2D eigenvalue weighted by Gasteiger charge is 2.44. The topological polar surface area (TPSA) is 81.7 Å². The molecule has 3 amide bonds. The van der Waals surface area contributed by atoms with Crippen molar-refractivity contribution in [3.63, 3.8) is 0 Å². The molecule has 16 heavy (non-hydrogen) atoms. The molecule has 92 valence electrons. The number of aliphatic hydroxyl groups excluding tert-OH is 1. The predicted octanol–water partition coefficient (Wildman–Crippen LogP) is -0.713. The Morgan fingerprint density at radius 1 is 1.50 bits per heavy atom. The molecular formula is C10H19N3O3. The summed E-state index contributed by atoms with van der Waals surface area (Å²) in [7, 11) is 0. The number of likely N-dealkylation sites (N-methyl/N-ethyl adjacent to an activating group) is 1. The van der Waals surface area contributed by atoms with Crippen LogP contribution in [-0.4, -0.2) is 53.2 Å². The minimum atomic E-state index is -0.866. The van der Waals surface area contributed by atoms with Gasteiger partial charge < -0.3 is 15.7 Å². The third-order valence-electron chi connectivity index (χ3n) is 2.47. The highest BCUT2D eigenvalue weighted by atomic mass is 16.3. The first-order valence-corrected chi connectivity index (χ1v) is 5.41. The lowest BCUT2D eigenvalue weighted by atomic mass is 10.1. The van der Waals surface area contributed by atoms with Crippen molar-refractivity contribution in [2.24, 2.45) is 0 Å². The van der Waals surface area contributed by atoms with Gasteiger partial charge >= 0.3 is 6.03 Å². The Balaban J connectivity index is 2.54. The lowest BCUT2D eigenvalue weighted by molar-refractivity contribution is -0.131. The Labute approximate surface area is 95.0 Å². The molecule has 3 N–H and O–H groups in total. The van der Waals surface area contributed by atoms with Crippen LogP contribution in [0.4, 0.5) is 4.79 Å². The number of hydrogen-bond acceptors (Lipinski definition) is 4. The molecule has 1 heterocycles. The molecule has 1 saturated heterocycles. The minimum absolute atomic E-state index is 0.0289. The quantitative estimate of drug-likeness (QED) is 0.544. The summed E-state index contributed by atoms with van der Waals surface area (Å²) in [4.78, 5) is 24.3. The first-order valence-electron chi connectivity index (χ1n) is 5.41. The van der Waals surface area contributed by atoms with Gasteiger partial charge in [0, 0.05) is 6.54 Å². The third kappa shape index (κ3) is 2.70. The maximum atomic E-state index is 11.8. The second-order valence-electron chi connectivity index (χ2n) is 4.43. The van der Waals surface area contributed by atoms with Crippen LogP contribution in [0.5, 0.6) is 0 Å². The van der Waals surface area contributed by atoms with E-state index in [2.05, 4.69) is 10.6 Å². The van der Waals surface area contributed by atoms with Crippen molar-refractivity contribution < 1.29 is 14.7 Å². The van der Waals surface area contributed by atoms with Crippen LogP contribution in [0.2, 0.25) is 0 Å². The van der Waals surface area contributed by atoms with Crippen molar-refractivity contribution >= 4 is 11.9 Å². The Hall–Kier alpha value is -1.14. The number of nitrogens with zero attached hydrogens (tertiary/aromatic N) is 1. The van der Waals surface area contributed by atoms with Gasteiger partial charge in [0.2, 0.25) is 0 Å². The van der Waals surface area contributed by atoms with Gasteiger partial charge in [0.15, 0.2) is 0 Å². The normalized spacial score (nSPS) is 21.1. The molecule has 1 aliphatic heterocycles. The highest BCUT2D eigenvalue weighted by molar-refractivity contribution is 6.06. The molecule has 1 fully saturated rings. The van der Waals surface area contributed by atoms with Crippen molar-refractivity contribution in [1.29, 1.82) is 0 Å². The molecule has 0 aromatic carbocycles. The second-order valence-corrected chi connectivity index (χ2v) is 4.43. The molecule has 1 unspecified atom stereocenters. The monoisotopic (exact) mass is 229 g/mol. The first-order chi connectivity index (χ1) is 7.38. The number of nitrogens with one attached hydrogen (secondary N) is 2. The lowest BCUT2D eigenvalue weighted by Crippen LogP contribution is -2.43. The maximum absolute atomic E-state index is 11.8. The third-order valence-corrected chi connectivity index (χ3v) is 2.47. The molecule has 0 aromatic rings. The minimum Gasteiger partial charge on any atom is -0.390 e. The fourth-order valence-corrected chi connectivity index (χ4v) is 1.57. The average Bonchev–Trinajstić information content (AvgIpc) is 2.38. The number of carbonyl (C=O) groups is 2. The van der Waals surface area contributed by atoms with Gasteiger partial charge in [0.05, 0.1) is 12.6 Å². The van der Waals surface area contributed by atoms with E-state index in [0.717, 1.165) is 11.4 Å². The van der Waals surface area contributed by atoms with Crippen molar-refractivity contribution in [1.82, 2.24) is 15.5 Å². The van der Waals surface area contributed by atoms with Gasteiger partial charge in [-0.1, -0.05) is 6.92 Å². The fourth-order valence-electron chi connectivity index (χ4n) is 1.57. The van der Waals surface area contributed by atoms with Crippen LogP contribution in [0.3, 0.4) is 0 Å². The molecule has 0 saturated carbocycles. The van der Waals surface area contributed by atoms with Crippen LogP contribution in [0.15, 0.2) is 0 Å². The molecule has 0 aromatic heterocycles. The van der Waals surface area contributed by atoms with Crippen LogP contribution in [0.25, 0.3) is 0 Å². The number of imide groups is 1. The molecule has 0 aliphatic carbocycles. The standard InChI is InChI=1S/C10H19N3O3/c1-4-11-5-7(14)6-13-8(15)10(2,3)12-9(13)16/h7,11,14H,4-6H2,1-3H3,(H,12,16). The number of β-amino-alcohol motifs (C(OH)–C–C–N with tert-alkyl or cyclic N) is 1. The number of amides is 3. The molecule has 0 bridgehead atoms. The summed E-state index contributed by atoms with van der Waals surface area (Å²) in [6.45, 7) is 6.34. The van der Waals surface area contributed by atoms with Crippen LogP contribution >= 0.6 is 0 Å². The van der Waals surface area contributed by atoms with Crippen molar-refractivity contribution in [2.75, 3.05) is 19.6 Å². The van der Waals surface area contributed by atoms with Gasteiger partial charge in [0.25, 0.3) is 5.91 Å². The van der Waals surface area contributed by atoms with Crippen LogP contribution in [0, 0.1) is 0 Å². The zero-order valence-electron chi connectivity index (χ0n) is 9.91. The van der Waals surface area contributed by atoms with Crippen LogP contribution in [0.1, 0.15) is 20.8 Å². The lowest BCUT2D eigenvalue weighted by Gasteiger charge is -2.19. The molecule has 1 aliphatic rings. The Morgan fingerprint density at radius 2 is 2.12 bits per heavy atom. The van der Waals surface area contributed by atoms with E-state index in [1.54, 1.807) is 13.8 Å². The maximum Gasteiger partial charge on any atom is 0.325 e. The number of aliphatic hydroxyl groups is 1. The summed E-state index contributed by atoms with van der Waals surface area (Å²) in [5.41, 5.74) is -0.866. The van der Waals surface area contributed by atoms with Gasteiger partial charge in [-0.2, -0.15) is 0 Å². The summed E-state index contributed by atoms with van der Waals surface area (Å²) in [6, 6.07) is -0.439. The SMILES string of the molecule is CCNCC(O)CN1C(=O)NC(C)(C)C1=O. The zero-order valence-corrected chi connectivity index (χ0v) is 9.91. The zero-order chi connectivity index (χ0) is 12.3. The van der Waals surface area contributed by atoms with E-state index in [1.165, 1.54) is 0 Å². The fraction of sp³-hybridized carbons (Fsp3) is 0.800. The Morgan fingerprint density at radius 3 is 2.56 bits per heavy atom. The Kier molecular flexibility index (Phi) is 3.88. The van der Waals surface area contributed by atoms with Gasteiger partial charge in [-0.05, 0) is 20.4 Å². The van der Waals surface area contributed by atoms with Gasteiger partial charge in [-0.25, -0.2) is 4.79 Å². The summed E-state index contributed by atoms with van der Waals surface area (Å²) >= 11 is 0. The number of carbonyl (C=O) groups excluding carboxylic acids is 2. The van der Waals surface area contributed by atoms with E-state index in [-0.39, 0.29) is 12.5 Å². The number of rotatable bonds is 5. The van der Waals surface area contributed by atoms with E-state index < -0.39 is 17.7 Å². The average molecular weight is 229 g/mol. The van der Waals surface area contributed by atoms with Crippen molar-refractivity contribution in [3.8, 4) is 0 Å². The number of hydrogen-bond donors (Lipinski definition) is 3. The largest absolute Gasteiger partial charge is 0.390 e. The van der Waals surface area contributed by atoms with E-state index in [1.807, 2.05) is 6.92 Å². The summed E-state index contributed by atoms with van der Waals surface area (Å²) in [5.74, 6) is -0.298. The summed E-state index contributed by atoms with van der Waals surface area (Å²) < 4.78 is 0. The Bertz CT molecular complexity index is 291. The van der Waals surface area contributed by atoms with Crippen molar-refractivity contribution in [2.45, 2.75) is 32.4 Å². The van der Waals surface area contributed by atoms with Crippen LogP contribution < -0.4 is 10.6 Å². The van der Waals surface area contributed by atoms with Crippen molar-refractivity contribution in [3.05, 3.63) is 0 Å². The molecule has 6 nitrogen and oxygen atoms in total.